The molecule has 5 nitrogen and oxygen atoms in total. The summed E-state index contributed by atoms with van der Waals surface area (Å²) in [6.45, 7) is 0. The molecule has 0 saturated heterocycles. The van der Waals surface area contributed by atoms with Gasteiger partial charge >= 0.3 is 0 Å². The van der Waals surface area contributed by atoms with Crippen molar-refractivity contribution < 1.29 is 8.42 Å². The van der Waals surface area contributed by atoms with Crippen LogP contribution in [0.3, 0.4) is 0 Å². The van der Waals surface area contributed by atoms with Crippen molar-refractivity contribution in [1.29, 1.82) is 0 Å². The minimum Gasteiger partial charge on any atom is -0.398 e. The van der Waals surface area contributed by atoms with Gasteiger partial charge in [0.1, 0.15) is 0 Å². The Morgan fingerprint density at radius 2 is 1.78 bits per heavy atom. The summed E-state index contributed by atoms with van der Waals surface area (Å²) >= 11 is 1.43. The molecule has 0 aliphatic carbocycles. The fourth-order valence-electron chi connectivity index (χ4n) is 1.33. The number of rotatable bonds is 3. The molecule has 1 aromatic heterocycles. The van der Waals surface area contributed by atoms with Gasteiger partial charge in [-0.25, -0.2) is 13.6 Å². The maximum atomic E-state index is 11.2. The molecule has 0 spiro atoms. The van der Waals surface area contributed by atoms with Gasteiger partial charge < -0.3 is 5.73 Å². The fourth-order valence-corrected chi connectivity index (χ4v) is 2.70. The summed E-state index contributed by atoms with van der Waals surface area (Å²) < 4.78 is 22.3. The van der Waals surface area contributed by atoms with E-state index in [0.29, 0.717) is 5.69 Å². The van der Waals surface area contributed by atoms with E-state index in [1.807, 2.05) is 12.1 Å². The predicted octanol–water partition coefficient (Wildman–Crippen LogP) is 1.46. The van der Waals surface area contributed by atoms with Crippen molar-refractivity contribution in [3.05, 3.63) is 42.7 Å². The van der Waals surface area contributed by atoms with E-state index in [4.69, 9.17) is 10.9 Å². The quantitative estimate of drug-likeness (QED) is 0.830. The van der Waals surface area contributed by atoms with E-state index in [1.54, 1.807) is 18.5 Å². The Labute approximate surface area is 109 Å². The Kier molecular flexibility index (Phi) is 3.55. The zero-order chi connectivity index (χ0) is 13.2. The van der Waals surface area contributed by atoms with Crippen LogP contribution >= 0.6 is 11.8 Å². The molecule has 0 bridgehead atoms. The Hall–Kier alpha value is -1.57. The third kappa shape index (κ3) is 3.00. The van der Waals surface area contributed by atoms with Crippen molar-refractivity contribution in [2.75, 3.05) is 5.73 Å². The normalized spacial score (nSPS) is 11.4. The van der Waals surface area contributed by atoms with Crippen LogP contribution in [0.25, 0.3) is 0 Å². The van der Waals surface area contributed by atoms with Crippen molar-refractivity contribution in [2.24, 2.45) is 5.14 Å². The number of hydrogen-bond donors (Lipinski definition) is 2. The van der Waals surface area contributed by atoms with Gasteiger partial charge in [-0.05, 0) is 30.3 Å². The van der Waals surface area contributed by atoms with Crippen molar-refractivity contribution in [2.45, 2.75) is 14.7 Å². The highest BCUT2D eigenvalue weighted by Gasteiger charge is 2.10. The molecule has 0 saturated carbocycles. The molecule has 94 valence electrons. The number of primary sulfonamides is 1. The lowest BCUT2D eigenvalue weighted by Gasteiger charge is -2.06. The van der Waals surface area contributed by atoms with Crippen LogP contribution in [0.15, 0.2) is 57.4 Å². The molecule has 4 N–H and O–H groups in total. The van der Waals surface area contributed by atoms with Gasteiger partial charge in [0.25, 0.3) is 0 Å². The standard InChI is InChI=1S/C11H11N3O2S2/c12-10-7-9(18(13,15)16)1-2-11(10)17-8-3-5-14-6-4-8/h1-7H,12H2,(H2,13,15,16). The Morgan fingerprint density at radius 1 is 1.11 bits per heavy atom. The molecule has 1 heterocycles. The molecule has 0 atom stereocenters. The maximum Gasteiger partial charge on any atom is 0.238 e. The minimum atomic E-state index is -3.71. The van der Waals surface area contributed by atoms with Crippen LogP contribution in [-0.4, -0.2) is 13.4 Å². The first-order valence-corrected chi connectivity index (χ1v) is 7.33. The Balaban J connectivity index is 2.32. The van der Waals surface area contributed by atoms with Crippen LogP contribution in [0.5, 0.6) is 0 Å². The van der Waals surface area contributed by atoms with Gasteiger partial charge in [0, 0.05) is 27.9 Å². The van der Waals surface area contributed by atoms with Gasteiger partial charge in [-0.15, -0.1) is 0 Å². The first-order valence-electron chi connectivity index (χ1n) is 4.97. The lowest BCUT2D eigenvalue weighted by molar-refractivity contribution is 0.598. The second-order valence-electron chi connectivity index (χ2n) is 3.53. The summed E-state index contributed by atoms with van der Waals surface area (Å²) in [5.74, 6) is 0. The molecular weight excluding hydrogens is 270 g/mol. The monoisotopic (exact) mass is 281 g/mol. The highest BCUT2D eigenvalue weighted by Crippen LogP contribution is 2.32. The van der Waals surface area contributed by atoms with Crippen LogP contribution in [0, 0.1) is 0 Å². The average Bonchev–Trinajstić information content (AvgIpc) is 2.32. The van der Waals surface area contributed by atoms with Gasteiger partial charge in [-0.3, -0.25) is 4.98 Å². The molecule has 1 aromatic carbocycles. The second kappa shape index (κ2) is 4.97. The van der Waals surface area contributed by atoms with Gasteiger partial charge in [-0.2, -0.15) is 0 Å². The molecule has 0 fully saturated rings. The second-order valence-corrected chi connectivity index (χ2v) is 6.21. The molecule has 0 aliphatic rings. The van der Waals surface area contributed by atoms with E-state index in [9.17, 15) is 8.42 Å². The van der Waals surface area contributed by atoms with Gasteiger partial charge in [-0.1, -0.05) is 11.8 Å². The average molecular weight is 281 g/mol. The minimum absolute atomic E-state index is 0.0130. The van der Waals surface area contributed by atoms with E-state index in [0.717, 1.165) is 9.79 Å². The lowest BCUT2D eigenvalue weighted by atomic mass is 10.3. The lowest BCUT2D eigenvalue weighted by Crippen LogP contribution is -2.12. The van der Waals surface area contributed by atoms with Crippen LogP contribution in [0.2, 0.25) is 0 Å². The number of nitrogens with two attached hydrogens (primary N) is 2. The third-order valence-corrected chi connectivity index (χ3v) is 4.20. The summed E-state index contributed by atoms with van der Waals surface area (Å²) in [6.07, 6.45) is 3.36. The summed E-state index contributed by atoms with van der Waals surface area (Å²) in [4.78, 5) is 5.67. The van der Waals surface area contributed by atoms with Crippen LogP contribution in [0.4, 0.5) is 5.69 Å². The molecule has 2 rings (SSSR count). The number of aromatic nitrogens is 1. The van der Waals surface area contributed by atoms with Crippen molar-refractivity contribution >= 4 is 27.5 Å². The van der Waals surface area contributed by atoms with Crippen LogP contribution in [0.1, 0.15) is 0 Å². The number of sulfonamides is 1. The SMILES string of the molecule is Nc1cc(S(N)(=O)=O)ccc1Sc1ccncc1. The Morgan fingerprint density at radius 3 is 2.33 bits per heavy atom. The number of anilines is 1. The third-order valence-electron chi connectivity index (χ3n) is 2.19. The van der Waals surface area contributed by atoms with E-state index in [-0.39, 0.29) is 4.90 Å². The predicted molar refractivity (Wildman–Crippen MR) is 70.6 cm³/mol. The molecular formula is C11H11N3O2S2. The topological polar surface area (TPSA) is 99.1 Å². The smallest absolute Gasteiger partial charge is 0.238 e. The van der Waals surface area contributed by atoms with Crippen molar-refractivity contribution in [3.8, 4) is 0 Å². The summed E-state index contributed by atoms with van der Waals surface area (Å²) in [5, 5.41) is 5.03. The molecule has 7 heteroatoms. The first kappa shape index (κ1) is 12.9. The zero-order valence-corrected chi connectivity index (χ0v) is 10.9. The van der Waals surface area contributed by atoms with E-state index >= 15 is 0 Å². The van der Waals surface area contributed by atoms with Crippen LogP contribution < -0.4 is 10.9 Å². The van der Waals surface area contributed by atoms with Crippen LogP contribution in [-0.2, 0) is 10.0 Å². The maximum absolute atomic E-state index is 11.2. The van der Waals surface area contributed by atoms with E-state index in [1.165, 1.54) is 23.9 Å². The number of hydrogen-bond acceptors (Lipinski definition) is 5. The highest BCUT2D eigenvalue weighted by molar-refractivity contribution is 7.99. The molecule has 0 radical (unpaired) electrons. The molecule has 2 aromatic rings. The zero-order valence-electron chi connectivity index (χ0n) is 9.28. The molecule has 18 heavy (non-hydrogen) atoms. The van der Waals surface area contributed by atoms with Crippen molar-refractivity contribution in [1.82, 2.24) is 4.98 Å². The van der Waals surface area contributed by atoms with Gasteiger partial charge in [0.2, 0.25) is 10.0 Å². The summed E-state index contributed by atoms with van der Waals surface area (Å²) in [5.41, 5.74) is 6.19. The molecule has 0 amide bonds. The summed E-state index contributed by atoms with van der Waals surface area (Å²) in [6, 6.07) is 8.13. The number of nitrogen functional groups attached to an aromatic ring is 1. The van der Waals surface area contributed by atoms with Gasteiger partial charge in [0.15, 0.2) is 0 Å². The summed E-state index contributed by atoms with van der Waals surface area (Å²) in [7, 11) is -3.71. The largest absolute Gasteiger partial charge is 0.398 e. The molecule has 0 aliphatic heterocycles. The molecule has 0 unspecified atom stereocenters. The number of nitrogens with zero attached hydrogens (tertiary/aromatic N) is 1. The first-order chi connectivity index (χ1) is 8.47. The van der Waals surface area contributed by atoms with E-state index in [2.05, 4.69) is 4.98 Å². The Bertz CT molecular complexity index is 657. The van der Waals surface area contributed by atoms with Crippen molar-refractivity contribution in [3.63, 3.8) is 0 Å². The number of benzene rings is 1. The number of pyridine rings is 1. The van der Waals surface area contributed by atoms with E-state index < -0.39 is 10.0 Å². The highest BCUT2D eigenvalue weighted by atomic mass is 32.2. The van der Waals surface area contributed by atoms with Gasteiger partial charge in [0.05, 0.1) is 4.90 Å². The fraction of sp³-hybridized carbons (Fsp3) is 0.